The van der Waals surface area contributed by atoms with Crippen LogP contribution in [-0.4, -0.2) is 24.5 Å². The predicted octanol–water partition coefficient (Wildman–Crippen LogP) is 9.97. The van der Waals surface area contributed by atoms with Crippen LogP contribution in [-0.2, 0) is 0 Å². The molecule has 0 N–H and O–H groups in total. The van der Waals surface area contributed by atoms with E-state index < -0.39 is 10.0 Å². The van der Waals surface area contributed by atoms with Crippen molar-refractivity contribution in [3.8, 4) is 0 Å². The lowest BCUT2D eigenvalue weighted by Crippen LogP contribution is -2.35. The molecule has 0 aromatic carbocycles. The van der Waals surface area contributed by atoms with Crippen LogP contribution in [0.1, 0.15) is 114 Å². The first-order valence-corrected chi connectivity index (χ1v) is 16.6. The van der Waals surface area contributed by atoms with Crippen molar-refractivity contribution in [3.05, 3.63) is 12.2 Å². The minimum atomic E-state index is -0.498. The van der Waals surface area contributed by atoms with Gasteiger partial charge < -0.3 is 0 Å². The smallest absolute Gasteiger partial charge is 0.0199 e. The molecule has 0 aliphatic heterocycles. The van der Waals surface area contributed by atoms with Crippen molar-refractivity contribution in [2.45, 2.75) is 114 Å². The van der Waals surface area contributed by atoms with E-state index >= 15 is 0 Å². The van der Waals surface area contributed by atoms with Crippen molar-refractivity contribution in [1.82, 2.24) is 0 Å². The summed E-state index contributed by atoms with van der Waals surface area (Å²) in [7, 11) is -0.498. The van der Waals surface area contributed by atoms with Crippen LogP contribution >= 0.6 is 10.0 Å². The van der Waals surface area contributed by atoms with E-state index in [1.54, 1.807) is 0 Å². The van der Waals surface area contributed by atoms with E-state index in [0.717, 1.165) is 17.8 Å². The standard InChI is InChI=1S/C28H54S.C2H6/c1-12-26(7)17-21(3)16-23(5)22(4)14-15-27(8)20-28(13-2,19-26)24(6)25(27)18-29(9,10)11;1-2/h21,23-25H,4,12-20H2,1-3,5-11H3;1-2H3/t21-,23?,24?,25+,26?,27?,28?;/m0./s1. The number of fused-ring (bicyclic) bond motifs is 2. The fraction of sp³-hybridized carbons (Fsp3) is 0.933. The highest BCUT2D eigenvalue weighted by Gasteiger charge is 2.57. The second kappa shape index (κ2) is 11.0. The molecule has 2 rings (SSSR count). The molecule has 0 spiro atoms. The van der Waals surface area contributed by atoms with Gasteiger partial charge in [-0.05, 0) is 103 Å². The van der Waals surface area contributed by atoms with Crippen LogP contribution in [0.3, 0.4) is 0 Å². The largest absolute Gasteiger partial charge is 0.249 e. The summed E-state index contributed by atoms with van der Waals surface area (Å²) in [6.07, 6.45) is 18.5. The van der Waals surface area contributed by atoms with Gasteiger partial charge in [-0.3, -0.25) is 0 Å². The van der Waals surface area contributed by atoms with E-state index in [0.29, 0.717) is 22.2 Å². The van der Waals surface area contributed by atoms with Gasteiger partial charge in [0.1, 0.15) is 0 Å². The minimum Gasteiger partial charge on any atom is -0.249 e. The summed E-state index contributed by atoms with van der Waals surface area (Å²) in [5.41, 5.74) is 3.02. The van der Waals surface area contributed by atoms with Gasteiger partial charge >= 0.3 is 0 Å². The minimum absolute atomic E-state index is 0.480. The summed E-state index contributed by atoms with van der Waals surface area (Å²) in [6, 6.07) is 0. The lowest BCUT2D eigenvalue weighted by atomic mass is 9.61. The molecule has 0 heterocycles. The van der Waals surface area contributed by atoms with Crippen molar-refractivity contribution in [2.75, 3.05) is 24.5 Å². The van der Waals surface area contributed by atoms with Crippen molar-refractivity contribution >= 4 is 10.0 Å². The first kappa shape index (κ1) is 29.1. The van der Waals surface area contributed by atoms with Crippen LogP contribution in [0.4, 0.5) is 0 Å². The van der Waals surface area contributed by atoms with Crippen LogP contribution in [0.15, 0.2) is 12.2 Å². The molecule has 31 heavy (non-hydrogen) atoms. The van der Waals surface area contributed by atoms with Gasteiger partial charge in [0.15, 0.2) is 0 Å². The monoisotopic (exact) mass is 452 g/mol. The summed E-state index contributed by atoms with van der Waals surface area (Å²) in [5, 5.41) is 0. The lowest BCUT2D eigenvalue weighted by Gasteiger charge is -2.44. The summed E-state index contributed by atoms with van der Waals surface area (Å²) in [5.74, 6) is 4.65. The van der Waals surface area contributed by atoms with Crippen LogP contribution in [0, 0.1) is 39.9 Å². The van der Waals surface area contributed by atoms with Gasteiger partial charge in [0.2, 0.25) is 0 Å². The summed E-state index contributed by atoms with van der Waals surface area (Å²) in [6.45, 7) is 26.5. The first-order valence-electron chi connectivity index (χ1n) is 13.5. The molecule has 2 bridgehead atoms. The Balaban J connectivity index is 0.00000233. The maximum atomic E-state index is 4.59. The molecular formula is C30H60S. The lowest BCUT2D eigenvalue weighted by molar-refractivity contribution is 0.0660. The predicted molar refractivity (Wildman–Crippen MR) is 149 cm³/mol. The molecule has 186 valence electrons. The molecule has 0 radical (unpaired) electrons. The number of rotatable bonds is 4. The fourth-order valence-electron chi connectivity index (χ4n) is 7.66. The van der Waals surface area contributed by atoms with E-state index in [1.807, 2.05) is 13.8 Å². The van der Waals surface area contributed by atoms with E-state index in [2.05, 4.69) is 73.8 Å². The molecule has 5 unspecified atom stereocenters. The van der Waals surface area contributed by atoms with E-state index in [9.17, 15) is 0 Å². The highest BCUT2D eigenvalue weighted by atomic mass is 32.3. The van der Waals surface area contributed by atoms with Gasteiger partial charge in [-0.2, -0.15) is 0 Å². The van der Waals surface area contributed by atoms with Gasteiger partial charge in [0, 0.05) is 0 Å². The van der Waals surface area contributed by atoms with Crippen molar-refractivity contribution in [1.29, 1.82) is 0 Å². The Morgan fingerprint density at radius 2 is 1.55 bits per heavy atom. The zero-order valence-corrected chi connectivity index (χ0v) is 24.6. The topological polar surface area (TPSA) is 0 Å². The normalized spacial score (nSPS) is 42.8. The number of allylic oxidation sites excluding steroid dienone is 1. The SMILES string of the molecule is C=C1CCC2(C)CC(CC)(CC(C)(CC)C[C@@H](C)CC1C)C(C)[C@H]2CS(C)(C)C.CC. The van der Waals surface area contributed by atoms with Crippen LogP contribution < -0.4 is 0 Å². The zero-order valence-electron chi connectivity index (χ0n) is 23.8. The third-order valence-electron chi connectivity index (χ3n) is 9.55. The Hall–Kier alpha value is 0.0900. The Kier molecular flexibility index (Phi) is 10.3. The van der Waals surface area contributed by atoms with Gasteiger partial charge in [0.05, 0.1) is 0 Å². The molecule has 0 aromatic heterocycles. The molecular weight excluding hydrogens is 392 g/mol. The summed E-state index contributed by atoms with van der Waals surface area (Å²) in [4.78, 5) is 0. The molecule has 0 saturated heterocycles. The molecule has 2 aliphatic rings. The average Bonchev–Trinajstić information content (AvgIpc) is 2.87. The zero-order chi connectivity index (χ0) is 24.3. The molecule has 7 atom stereocenters. The molecule has 0 aromatic rings. The van der Waals surface area contributed by atoms with Crippen molar-refractivity contribution in [2.24, 2.45) is 39.9 Å². The Morgan fingerprint density at radius 3 is 2.03 bits per heavy atom. The highest BCUT2D eigenvalue weighted by molar-refractivity contribution is 8.32. The maximum absolute atomic E-state index is 4.59. The molecule has 2 aliphatic carbocycles. The molecule has 1 heteroatoms. The quantitative estimate of drug-likeness (QED) is 0.372. The molecule has 2 saturated carbocycles. The average molecular weight is 453 g/mol. The highest BCUT2D eigenvalue weighted by Crippen LogP contribution is 2.66. The van der Waals surface area contributed by atoms with Crippen LogP contribution in [0.5, 0.6) is 0 Å². The van der Waals surface area contributed by atoms with Gasteiger partial charge in [-0.15, -0.1) is 0 Å². The summed E-state index contributed by atoms with van der Waals surface area (Å²) >= 11 is 0. The van der Waals surface area contributed by atoms with Gasteiger partial charge in [-0.25, -0.2) is 10.0 Å². The van der Waals surface area contributed by atoms with Crippen LogP contribution in [0.25, 0.3) is 0 Å². The van der Waals surface area contributed by atoms with E-state index in [1.165, 1.54) is 62.7 Å². The third-order valence-corrected chi connectivity index (χ3v) is 10.9. The molecule has 0 amide bonds. The summed E-state index contributed by atoms with van der Waals surface area (Å²) < 4.78 is 0. The number of hydrogen-bond donors (Lipinski definition) is 0. The third kappa shape index (κ3) is 7.04. The molecule has 0 nitrogen and oxygen atoms in total. The van der Waals surface area contributed by atoms with Gasteiger partial charge in [0.25, 0.3) is 0 Å². The fourth-order valence-corrected chi connectivity index (χ4v) is 9.43. The Morgan fingerprint density at radius 1 is 0.968 bits per heavy atom. The Labute approximate surface area is 200 Å². The second-order valence-corrected chi connectivity index (χ2v) is 17.7. The number of hydrogen-bond acceptors (Lipinski definition) is 0. The van der Waals surface area contributed by atoms with Gasteiger partial charge in [-0.1, -0.05) is 87.3 Å². The van der Waals surface area contributed by atoms with Crippen LogP contribution in [0.2, 0.25) is 0 Å². The van der Waals surface area contributed by atoms with E-state index in [-0.39, 0.29) is 0 Å². The maximum Gasteiger partial charge on any atom is -0.0199 e. The molecule has 2 fully saturated rings. The second-order valence-electron chi connectivity index (χ2n) is 13.1. The first-order chi connectivity index (χ1) is 14.2. The van der Waals surface area contributed by atoms with Crippen molar-refractivity contribution in [3.63, 3.8) is 0 Å². The van der Waals surface area contributed by atoms with Crippen molar-refractivity contribution < 1.29 is 0 Å². The Bertz CT molecular complexity index is 571. The van der Waals surface area contributed by atoms with E-state index in [4.69, 9.17) is 0 Å².